The van der Waals surface area contributed by atoms with Crippen molar-refractivity contribution in [3.63, 3.8) is 0 Å². The summed E-state index contributed by atoms with van der Waals surface area (Å²) in [6.07, 6.45) is -2.91. The Morgan fingerprint density at radius 1 is 1.09 bits per heavy atom. The van der Waals surface area contributed by atoms with E-state index in [4.69, 9.17) is 0 Å². The highest BCUT2D eigenvalue weighted by Gasteiger charge is 2.30. The molecule has 23 heavy (non-hydrogen) atoms. The Morgan fingerprint density at radius 3 is 2.30 bits per heavy atom. The molecule has 0 aliphatic heterocycles. The fourth-order valence-electron chi connectivity index (χ4n) is 1.92. The number of alkyl halides is 3. The molecule has 2 rings (SSSR count). The monoisotopic (exact) mass is 323 g/mol. The number of amides is 1. The lowest BCUT2D eigenvalue weighted by Crippen LogP contribution is -2.15. The van der Waals surface area contributed by atoms with Gasteiger partial charge in [0.1, 0.15) is 5.69 Å². The maximum Gasteiger partial charge on any atom is 0.416 e. The number of hydrogen-bond donors (Lipinski definition) is 2. The first-order chi connectivity index (χ1) is 10.8. The summed E-state index contributed by atoms with van der Waals surface area (Å²) in [5, 5.41) is 5.66. The number of benzene rings is 1. The van der Waals surface area contributed by atoms with Gasteiger partial charge in [0.25, 0.3) is 5.91 Å². The largest absolute Gasteiger partial charge is 0.416 e. The zero-order chi connectivity index (χ0) is 17.0. The highest BCUT2D eigenvalue weighted by molar-refractivity contribution is 6.03. The van der Waals surface area contributed by atoms with Gasteiger partial charge in [0.2, 0.25) is 0 Å². The molecule has 1 aromatic heterocycles. The molecular weight excluding hydrogens is 307 g/mol. The van der Waals surface area contributed by atoms with Gasteiger partial charge in [0, 0.05) is 23.6 Å². The fourth-order valence-corrected chi connectivity index (χ4v) is 1.92. The Bertz CT molecular complexity index is 682. The summed E-state index contributed by atoms with van der Waals surface area (Å²) in [5.41, 5.74) is 0.423. The zero-order valence-corrected chi connectivity index (χ0v) is 12.6. The lowest BCUT2D eigenvalue weighted by Gasteiger charge is -2.11. The van der Waals surface area contributed by atoms with Gasteiger partial charge in [-0.25, -0.2) is 0 Å². The number of carbonyl (C=O) groups excluding carboxylic acids is 1. The molecular formula is C16H16F3N3O. The Balaban J connectivity index is 2.10. The number of rotatable bonds is 4. The van der Waals surface area contributed by atoms with Crippen molar-refractivity contribution in [3.8, 4) is 0 Å². The topological polar surface area (TPSA) is 54.0 Å². The van der Waals surface area contributed by atoms with E-state index in [2.05, 4.69) is 15.6 Å². The highest BCUT2D eigenvalue weighted by atomic mass is 19.4. The van der Waals surface area contributed by atoms with E-state index < -0.39 is 17.6 Å². The zero-order valence-electron chi connectivity index (χ0n) is 12.6. The summed E-state index contributed by atoms with van der Waals surface area (Å²) in [5.74, 6) is -0.489. The van der Waals surface area contributed by atoms with Crippen LogP contribution in [-0.4, -0.2) is 16.9 Å². The van der Waals surface area contributed by atoms with Gasteiger partial charge in [0.05, 0.1) is 5.56 Å². The van der Waals surface area contributed by atoms with E-state index in [0.717, 1.165) is 17.8 Å². The molecule has 0 fully saturated rings. The predicted molar refractivity (Wildman–Crippen MR) is 82.4 cm³/mol. The number of nitrogens with one attached hydrogen (secondary N) is 2. The third-order valence-corrected chi connectivity index (χ3v) is 2.92. The normalized spacial score (nSPS) is 11.4. The van der Waals surface area contributed by atoms with Crippen LogP contribution in [0.3, 0.4) is 0 Å². The van der Waals surface area contributed by atoms with E-state index >= 15 is 0 Å². The van der Waals surface area contributed by atoms with Crippen molar-refractivity contribution in [2.24, 2.45) is 0 Å². The molecule has 1 heterocycles. The molecule has 0 saturated heterocycles. The molecule has 0 bridgehead atoms. The maximum absolute atomic E-state index is 12.5. The lowest BCUT2D eigenvalue weighted by atomic mass is 10.2. The van der Waals surface area contributed by atoms with Crippen molar-refractivity contribution in [3.05, 3.63) is 53.9 Å². The van der Waals surface area contributed by atoms with Crippen LogP contribution in [0.4, 0.5) is 24.5 Å². The van der Waals surface area contributed by atoms with Crippen LogP contribution in [0.1, 0.15) is 29.9 Å². The molecule has 0 aliphatic carbocycles. The van der Waals surface area contributed by atoms with Gasteiger partial charge >= 0.3 is 6.18 Å². The van der Waals surface area contributed by atoms with E-state index in [0.29, 0.717) is 0 Å². The number of aromatic nitrogens is 1. The molecule has 0 radical (unpaired) electrons. The highest BCUT2D eigenvalue weighted by Crippen LogP contribution is 2.29. The summed E-state index contributed by atoms with van der Waals surface area (Å²) in [6, 6.07) is 7.75. The standard InChI is InChI=1S/C16H16F3N3O/c1-10(2)21-13-7-8-20-14(9-13)15(23)22-12-5-3-11(4-6-12)16(17,18)19/h3-10H,1-2H3,(H,20,21)(H,22,23). The second kappa shape index (κ2) is 6.68. The van der Waals surface area contributed by atoms with Gasteiger partial charge < -0.3 is 10.6 Å². The van der Waals surface area contributed by atoms with E-state index in [1.165, 1.54) is 18.3 Å². The number of hydrogen-bond acceptors (Lipinski definition) is 3. The first-order valence-electron chi connectivity index (χ1n) is 6.97. The molecule has 0 atom stereocenters. The van der Waals surface area contributed by atoms with Gasteiger partial charge in [-0.3, -0.25) is 9.78 Å². The molecule has 1 amide bonds. The summed E-state index contributed by atoms with van der Waals surface area (Å²) < 4.78 is 37.5. The van der Waals surface area contributed by atoms with Gasteiger partial charge in [0.15, 0.2) is 0 Å². The number of pyridine rings is 1. The van der Waals surface area contributed by atoms with Crippen LogP contribution < -0.4 is 10.6 Å². The summed E-state index contributed by atoms with van der Waals surface area (Å²) in [7, 11) is 0. The first-order valence-corrected chi connectivity index (χ1v) is 6.97. The van der Waals surface area contributed by atoms with Crippen LogP contribution in [0.15, 0.2) is 42.6 Å². The van der Waals surface area contributed by atoms with Crippen molar-refractivity contribution >= 4 is 17.3 Å². The molecule has 4 nitrogen and oxygen atoms in total. The third kappa shape index (κ3) is 4.70. The van der Waals surface area contributed by atoms with Crippen LogP contribution in [0, 0.1) is 0 Å². The molecule has 0 unspecified atom stereocenters. The van der Waals surface area contributed by atoms with Gasteiger partial charge in [-0.05, 0) is 50.2 Å². The molecule has 1 aromatic carbocycles. The molecule has 7 heteroatoms. The molecule has 2 N–H and O–H groups in total. The second-order valence-corrected chi connectivity index (χ2v) is 5.26. The molecule has 2 aromatic rings. The van der Waals surface area contributed by atoms with Crippen molar-refractivity contribution in [1.82, 2.24) is 4.98 Å². The minimum Gasteiger partial charge on any atom is -0.383 e. The average Bonchev–Trinajstić information content (AvgIpc) is 2.46. The van der Waals surface area contributed by atoms with Crippen molar-refractivity contribution < 1.29 is 18.0 Å². The Morgan fingerprint density at radius 2 is 1.74 bits per heavy atom. The number of anilines is 2. The summed E-state index contributed by atoms with van der Waals surface area (Å²) in [4.78, 5) is 16.1. The van der Waals surface area contributed by atoms with Gasteiger partial charge in [-0.15, -0.1) is 0 Å². The first kappa shape index (κ1) is 16.8. The predicted octanol–water partition coefficient (Wildman–Crippen LogP) is 4.17. The van der Waals surface area contributed by atoms with Crippen LogP contribution >= 0.6 is 0 Å². The molecule has 0 aliphatic rings. The SMILES string of the molecule is CC(C)Nc1ccnc(C(=O)Nc2ccc(C(F)(F)F)cc2)c1. The van der Waals surface area contributed by atoms with Crippen molar-refractivity contribution in [1.29, 1.82) is 0 Å². The van der Waals surface area contributed by atoms with Crippen molar-refractivity contribution in [2.75, 3.05) is 10.6 Å². The smallest absolute Gasteiger partial charge is 0.383 e. The molecule has 0 spiro atoms. The minimum absolute atomic E-state index is 0.176. The maximum atomic E-state index is 12.5. The van der Waals surface area contributed by atoms with Crippen LogP contribution in [-0.2, 0) is 6.18 Å². The van der Waals surface area contributed by atoms with E-state index in [-0.39, 0.29) is 17.4 Å². The Hall–Kier alpha value is -2.57. The Labute approximate surface area is 131 Å². The molecule has 122 valence electrons. The van der Waals surface area contributed by atoms with Crippen LogP contribution in [0.2, 0.25) is 0 Å². The number of nitrogens with zero attached hydrogens (tertiary/aromatic N) is 1. The number of halogens is 3. The molecule has 0 saturated carbocycles. The van der Waals surface area contributed by atoms with Gasteiger partial charge in [-0.2, -0.15) is 13.2 Å². The van der Waals surface area contributed by atoms with Crippen molar-refractivity contribution in [2.45, 2.75) is 26.1 Å². The number of carbonyl (C=O) groups is 1. The Kier molecular flexibility index (Phi) is 4.88. The summed E-state index contributed by atoms with van der Waals surface area (Å²) >= 11 is 0. The minimum atomic E-state index is -4.40. The van der Waals surface area contributed by atoms with E-state index in [9.17, 15) is 18.0 Å². The van der Waals surface area contributed by atoms with Crippen LogP contribution in [0.5, 0.6) is 0 Å². The average molecular weight is 323 g/mol. The second-order valence-electron chi connectivity index (χ2n) is 5.26. The van der Waals surface area contributed by atoms with Gasteiger partial charge in [-0.1, -0.05) is 0 Å². The van der Waals surface area contributed by atoms with Crippen LogP contribution in [0.25, 0.3) is 0 Å². The van der Waals surface area contributed by atoms with E-state index in [1.807, 2.05) is 13.8 Å². The quantitative estimate of drug-likeness (QED) is 0.888. The summed E-state index contributed by atoms with van der Waals surface area (Å²) in [6.45, 7) is 3.92. The lowest BCUT2D eigenvalue weighted by molar-refractivity contribution is -0.137. The van der Waals surface area contributed by atoms with E-state index in [1.54, 1.807) is 12.1 Å². The fraction of sp³-hybridized carbons (Fsp3) is 0.250. The third-order valence-electron chi connectivity index (χ3n) is 2.92.